The summed E-state index contributed by atoms with van der Waals surface area (Å²) in [4.78, 5) is 0. The molecule has 1 atom stereocenters. The molecule has 3 heteroatoms. The number of hydrogen-bond donors (Lipinski definition) is 0. The number of halogens is 2. The molecule has 2 aliphatic carbocycles. The van der Waals surface area contributed by atoms with Crippen molar-refractivity contribution < 1.29 is 49.0 Å². The Hall–Kier alpha value is -2.31. The molecule has 1 unspecified atom stereocenters. The fourth-order valence-corrected chi connectivity index (χ4v) is 6.92. The number of rotatable bonds is 3. The zero-order valence-corrected chi connectivity index (χ0v) is 35.5. The van der Waals surface area contributed by atoms with Crippen LogP contribution in [0.15, 0.2) is 108 Å². The molecule has 49 heavy (non-hydrogen) atoms. The maximum atomic E-state index is 3.53. The van der Waals surface area contributed by atoms with Gasteiger partial charge in [-0.05, 0) is 17.4 Å². The molecule has 0 aliphatic heterocycles. The van der Waals surface area contributed by atoms with Gasteiger partial charge < -0.3 is 24.8 Å². The second-order valence-electron chi connectivity index (χ2n) is 16.0. The predicted octanol–water partition coefficient (Wildman–Crippen LogP) is 6.21. The van der Waals surface area contributed by atoms with E-state index in [1.165, 1.54) is 83.1 Å². The van der Waals surface area contributed by atoms with Crippen molar-refractivity contribution >= 4 is 3.21 Å². The van der Waals surface area contributed by atoms with Crippen LogP contribution in [0.2, 0.25) is 0 Å². The van der Waals surface area contributed by atoms with Crippen LogP contribution in [0.1, 0.15) is 116 Å². The van der Waals surface area contributed by atoms with E-state index in [-0.39, 0.29) is 35.6 Å². The van der Waals surface area contributed by atoms with Gasteiger partial charge in [0, 0.05) is 0 Å². The normalized spacial score (nSPS) is 14.7. The summed E-state index contributed by atoms with van der Waals surface area (Å²) >= 11 is 1.46. The van der Waals surface area contributed by atoms with Gasteiger partial charge in [0.15, 0.2) is 0 Å². The van der Waals surface area contributed by atoms with Crippen LogP contribution in [0, 0.1) is 23.5 Å². The standard InChI is InChI=1S/C21H25.C13H10.C12H19.2ClH.Zr/c1-20(2,3)16-9-7-14-11-15-8-10-17(21(4,5)6)13-19(15)18(14)12-16;1-3-7-12(8-4-1)11-13-9-5-2-6-10-13;1-6-10-7-9(2)8-11(10)12(3,4)5;;;/h7,9-10,12-13H,11H2,1-6H3;1-10H;8-9H,6H2,1-5H3;2*1H;/q-1;;-1;;;+2/p-2. The summed E-state index contributed by atoms with van der Waals surface area (Å²) in [6.45, 7) is 24.9. The Balaban J connectivity index is 0.000000262. The average molecular weight is 769 g/mol. The first kappa shape index (κ1) is 42.9. The van der Waals surface area contributed by atoms with Crippen molar-refractivity contribution in [2.24, 2.45) is 11.3 Å². The molecule has 4 aromatic rings. The van der Waals surface area contributed by atoms with Gasteiger partial charge in [-0.2, -0.15) is 41.0 Å². The van der Waals surface area contributed by atoms with E-state index < -0.39 is 0 Å². The van der Waals surface area contributed by atoms with E-state index in [2.05, 4.69) is 185 Å². The Labute approximate surface area is 326 Å². The van der Waals surface area contributed by atoms with Crippen LogP contribution >= 0.6 is 0 Å². The van der Waals surface area contributed by atoms with E-state index in [1.807, 2.05) is 0 Å². The van der Waals surface area contributed by atoms with Crippen LogP contribution in [0.4, 0.5) is 0 Å². The monoisotopic (exact) mass is 766 g/mol. The molecule has 0 bridgehead atoms. The first-order valence-corrected chi connectivity index (χ1v) is 18.4. The van der Waals surface area contributed by atoms with Crippen LogP contribution < -0.4 is 24.8 Å². The molecule has 6 rings (SSSR count). The van der Waals surface area contributed by atoms with Crippen molar-refractivity contribution in [3.05, 3.63) is 154 Å². The Kier molecular flexibility index (Phi) is 15.5. The van der Waals surface area contributed by atoms with Crippen LogP contribution in [-0.2, 0) is 41.5 Å². The fraction of sp³-hybridized carbons (Fsp3) is 0.370. The molecule has 0 spiro atoms. The van der Waals surface area contributed by atoms with Crippen molar-refractivity contribution in [1.29, 1.82) is 0 Å². The molecule has 0 amide bonds. The molecule has 0 aromatic heterocycles. The van der Waals surface area contributed by atoms with Gasteiger partial charge in [0.05, 0.1) is 0 Å². The first-order chi connectivity index (χ1) is 22.0. The summed E-state index contributed by atoms with van der Waals surface area (Å²) in [5, 5.41) is 0. The summed E-state index contributed by atoms with van der Waals surface area (Å²) in [7, 11) is 0. The van der Waals surface area contributed by atoms with Gasteiger partial charge in [0.2, 0.25) is 0 Å². The molecule has 2 aliphatic rings. The Morgan fingerprint density at radius 1 is 0.694 bits per heavy atom. The molecular formula is C46H54Cl2Zr-2. The molecule has 258 valence electrons. The Bertz CT molecular complexity index is 1640. The quantitative estimate of drug-likeness (QED) is 0.192. The summed E-state index contributed by atoms with van der Waals surface area (Å²) < 4.78 is 1.42. The maximum absolute atomic E-state index is 3.53. The van der Waals surface area contributed by atoms with Gasteiger partial charge >= 0.3 is 99.2 Å². The van der Waals surface area contributed by atoms with E-state index in [0.717, 1.165) is 12.8 Å². The molecule has 0 saturated heterocycles. The third kappa shape index (κ3) is 11.3. The number of allylic oxidation sites excluding steroid dienone is 4. The van der Waals surface area contributed by atoms with Gasteiger partial charge in [0.1, 0.15) is 0 Å². The number of hydrogen-bond acceptors (Lipinski definition) is 0. The third-order valence-electron chi connectivity index (χ3n) is 8.96. The zero-order valence-electron chi connectivity index (χ0n) is 31.5. The van der Waals surface area contributed by atoms with Crippen LogP contribution in [0.25, 0.3) is 11.1 Å². The summed E-state index contributed by atoms with van der Waals surface area (Å²) in [6, 6.07) is 36.2. The second kappa shape index (κ2) is 17.8. The van der Waals surface area contributed by atoms with Crippen molar-refractivity contribution in [2.75, 3.05) is 0 Å². The molecule has 0 fully saturated rings. The fourth-order valence-electron chi connectivity index (χ4n) is 6.10. The molecule has 4 aromatic carbocycles. The van der Waals surface area contributed by atoms with Gasteiger partial charge in [-0.15, -0.1) is 5.56 Å². The van der Waals surface area contributed by atoms with Gasteiger partial charge in [-0.25, -0.2) is 5.57 Å². The predicted molar refractivity (Wildman–Crippen MR) is 201 cm³/mol. The van der Waals surface area contributed by atoms with Crippen molar-refractivity contribution in [3.63, 3.8) is 0 Å². The molecule has 0 nitrogen and oxygen atoms in total. The second-order valence-corrected chi connectivity index (χ2v) is 17.3. The third-order valence-corrected chi connectivity index (χ3v) is 10.4. The summed E-state index contributed by atoms with van der Waals surface area (Å²) in [6.07, 6.45) is 7.98. The van der Waals surface area contributed by atoms with E-state index >= 15 is 0 Å². The molecule has 0 heterocycles. The molecule has 0 radical (unpaired) electrons. The molecule has 0 saturated carbocycles. The SMILES string of the molecule is CC(C)(C)c1c[c-]c2c(c1)-c1cc(C(C)(C)C)ccc1C2.CCC1=[C-]C(C)C=C1C(C)(C)C.[Cl-].[Cl-].[Zr+2]=[C](c1ccccc1)c1ccccc1. The summed E-state index contributed by atoms with van der Waals surface area (Å²) in [5.41, 5.74) is 14.6. The molecule has 0 N–H and O–H groups in total. The van der Waals surface area contributed by atoms with Crippen LogP contribution in [0.3, 0.4) is 0 Å². The minimum atomic E-state index is 0. The van der Waals surface area contributed by atoms with Crippen LogP contribution in [-0.4, -0.2) is 3.21 Å². The average Bonchev–Trinajstić information content (AvgIpc) is 3.61. The van der Waals surface area contributed by atoms with Crippen molar-refractivity contribution in [1.82, 2.24) is 0 Å². The van der Waals surface area contributed by atoms with E-state index in [4.69, 9.17) is 0 Å². The van der Waals surface area contributed by atoms with Crippen molar-refractivity contribution in [2.45, 2.75) is 99.8 Å². The first-order valence-electron chi connectivity index (χ1n) is 17.2. The van der Waals surface area contributed by atoms with E-state index in [1.54, 1.807) is 0 Å². The van der Waals surface area contributed by atoms with E-state index in [9.17, 15) is 0 Å². The minimum absolute atomic E-state index is 0. The van der Waals surface area contributed by atoms with Gasteiger partial charge in [-0.1, -0.05) is 129 Å². The Morgan fingerprint density at radius 2 is 1.20 bits per heavy atom. The van der Waals surface area contributed by atoms with E-state index in [0.29, 0.717) is 11.3 Å². The summed E-state index contributed by atoms with van der Waals surface area (Å²) in [5.74, 6) is 0.522. The number of benzene rings is 4. The van der Waals surface area contributed by atoms with Crippen molar-refractivity contribution in [3.8, 4) is 11.1 Å². The zero-order chi connectivity index (χ0) is 34.6. The van der Waals surface area contributed by atoms with Crippen LogP contribution in [0.5, 0.6) is 0 Å². The van der Waals surface area contributed by atoms with Gasteiger partial charge in [-0.3, -0.25) is 6.08 Å². The van der Waals surface area contributed by atoms with Gasteiger partial charge in [0.25, 0.3) is 0 Å². The Morgan fingerprint density at radius 3 is 1.65 bits per heavy atom. The number of fused-ring (bicyclic) bond motifs is 3. The topological polar surface area (TPSA) is 0 Å². The molecular weight excluding hydrogens is 715 g/mol.